The van der Waals surface area contributed by atoms with Crippen LogP contribution >= 0.6 is 23.2 Å². The van der Waals surface area contributed by atoms with E-state index in [1.807, 2.05) is 32.9 Å². The maximum Gasteiger partial charge on any atom is 0.407 e. The first kappa shape index (κ1) is 19.1. The quantitative estimate of drug-likeness (QED) is 0.825. The zero-order valence-electron chi connectivity index (χ0n) is 13.4. The Labute approximate surface area is 142 Å². The van der Waals surface area contributed by atoms with Gasteiger partial charge >= 0.3 is 6.09 Å². The molecule has 1 aromatic carbocycles. The second-order valence-corrected chi connectivity index (χ2v) is 6.90. The Morgan fingerprint density at radius 1 is 1.27 bits per heavy atom. The number of amides is 1. The van der Waals surface area contributed by atoms with E-state index < -0.39 is 11.7 Å². The van der Waals surface area contributed by atoms with Gasteiger partial charge in [0.1, 0.15) is 5.60 Å². The van der Waals surface area contributed by atoms with Gasteiger partial charge in [-0.3, -0.25) is 0 Å². The molecule has 0 heterocycles. The fraction of sp³-hybridized carbons (Fsp3) is 0.562. The van der Waals surface area contributed by atoms with Gasteiger partial charge in [0.25, 0.3) is 0 Å². The highest BCUT2D eigenvalue weighted by molar-refractivity contribution is 6.42. The van der Waals surface area contributed by atoms with Gasteiger partial charge < -0.3 is 14.8 Å². The third-order valence-corrected chi connectivity index (χ3v) is 3.59. The highest BCUT2D eigenvalue weighted by Crippen LogP contribution is 2.23. The number of nitrogens with one attached hydrogen (secondary N) is 1. The lowest BCUT2D eigenvalue weighted by atomic mass is 10.1. The van der Waals surface area contributed by atoms with Gasteiger partial charge in [-0.15, -0.1) is 0 Å². The van der Waals surface area contributed by atoms with Crippen molar-refractivity contribution in [3.05, 3.63) is 33.8 Å². The number of alkyl carbamates (subject to hydrolysis) is 1. The van der Waals surface area contributed by atoms with E-state index in [-0.39, 0.29) is 6.04 Å². The van der Waals surface area contributed by atoms with Crippen LogP contribution in [0.15, 0.2) is 18.2 Å². The minimum Gasteiger partial charge on any atom is -0.444 e. The normalized spacial score (nSPS) is 12.8. The van der Waals surface area contributed by atoms with Gasteiger partial charge in [-0.25, -0.2) is 4.79 Å². The van der Waals surface area contributed by atoms with Gasteiger partial charge in [0.2, 0.25) is 0 Å². The molecule has 0 radical (unpaired) electrons. The number of benzene rings is 1. The fourth-order valence-electron chi connectivity index (χ4n) is 1.91. The van der Waals surface area contributed by atoms with Crippen LogP contribution in [-0.2, 0) is 15.9 Å². The van der Waals surface area contributed by atoms with Crippen molar-refractivity contribution in [2.45, 2.75) is 45.3 Å². The second-order valence-electron chi connectivity index (χ2n) is 6.09. The molecule has 0 aliphatic rings. The van der Waals surface area contributed by atoms with Crippen molar-refractivity contribution in [1.82, 2.24) is 5.32 Å². The average Bonchev–Trinajstić information content (AvgIpc) is 2.38. The molecule has 0 aliphatic heterocycles. The Hall–Kier alpha value is -0.970. The van der Waals surface area contributed by atoms with Crippen molar-refractivity contribution in [2.75, 3.05) is 13.7 Å². The molecule has 0 unspecified atom stereocenters. The maximum atomic E-state index is 11.8. The van der Waals surface area contributed by atoms with Gasteiger partial charge in [0.05, 0.1) is 22.7 Å². The Morgan fingerprint density at radius 2 is 1.95 bits per heavy atom. The topological polar surface area (TPSA) is 47.6 Å². The van der Waals surface area contributed by atoms with E-state index >= 15 is 0 Å². The number of hydrogen-bond acceptors (Lipinski definition) is 3. The first-order chi connectivity index (χ1) is 10.2. The van der Waals surface area contributed by atoms with Crippen molar-refractivity contribution in [1.29, 1.82) is 0 Å². The molecule has 1 atom stereocenters. The monoisotopic (exact) mass is 347 g/mol. The zero-order valence-corrected chi connectivity index (χ0v) is 14.9. The van der Waals surface area contributed by atoms with Crippen LogP contribution in [0.1, 0.15) is 32.8 Å². The third kappa shape index (κ3) is 7.34. The van der Waals surface area contributed by atoms with Crippen LogP contribution in [0, 0.1) is 0 Å². The molecule has 6 heteroatoms. The maximum absolute atomic E-state index is 11.8. The molecule has 1 amide bonds. The summed E-state index contributed by atoms with van der Waals surface area (Å²) in [5, 5.41) is 3.89. The van der Waals surface area contributed by atoms with Crippen LogP contribution < -0.4 is 5.32 Å². The molecular weight excluding hydrogens is 325 g/mol. The van der Waals surface area contributed by atoms with Gasteiger partial charge in [-0.1, -0.05) is 29.3 Å². The summed E-state index contributed by atoms with van der Waals surface area (Å²) in [7, 11) is 1.60. The number of hydrogen-bond donors (Lipinski definition) is 1. The van der Waals surface area contributed by atoms with Crippen molar-refractivity contribution >= 4 is 29.3 Å². The smallest absolute Gasteiger partial charge is 0.407 e. The summed E-state index contributed by atoms with van der Waals surface area (Å²) in [4.78, 5) is 11.8. The lowest BCUT2D eigenvalue weighted by Gasteiger charge is -2.23. The standard InChI is InChI=1S/C16H23Cl2NO3/c1-16(2,3)22-15(20)19-12(10-21-4)7-5-11-6-8-13(17)14(18)9-11/h6,8-9,12H,5,7,10H2,1-4H3,(H,19,20)/t12-/m0/s1. The summed E-state index contributed by atoms with van der Waals surface area (Å²) in [6, 6.07) is 5.40. The molecule has 124 valence electrons. The SMILES string of the molecule is COC[C@H](CCc1ccc(Cl)c(Cl)c1)NC(=O)OC(C)(C)C. The Balaban J connectivity index is 2.56. The second kappa shape index (κ2) is 8.61. The van der Waals surface area contributed by atoms with Gasteiger partial charge in [-0.05, 0) is 51.3 Å². The van der Waals surface area contributed by atoms with Crippen LogP contribution in [0.5, 0.6) is 0 Å². The third-order valence-electron chi connectivity index (χ3n) is 2.85. The average molecular weight is 348 g/mol. The number of rotatable bonds is 6. The molecule has 1 rings (SSSR count). The van der Waals surface area contributed by atoms with E-state index in [0.29, 0.717) is 23.1 Å². The fourth-order valence-corrected chi connectivity index (χ4v) is 2.23. The molecule has 1 aromatic rings. The largest absolute Gasteiger partial charge is 0.444 e. The van der Waals surface area contributed by atoms with Crippen LogP contribution in [0.3, 0.4) is 0 Å². The first-order valence-electron chi connectivity index (χ1n) is 7.13. The van der Waals surface area contributed by atoms with Crippen molar-refractivity contribution < 1.29 is 14.3 Å². The molecule has 0 fully saturated rings. The number of ether oxygens (including phenoxy) is 2. The molecule has 0 saturated heterocycles. The molecule has 22 heavy (non-hydrogen) atoms. The molecular formula is C16H23Cl2NO3. The zero-order chi connectivity index (χ0) is 16.8. The molecule has 0 saturated carbocycles. The van der Waals surface area contributed by atoms with E-state index in [1.165, 1.54) is 0 Å². The van der Waals surface area contributed by atoms with Gasteiger partial charge in [0.15, 0.2) is 0 Å². The number of carbonyl (C=O) groups is 1. The van der Waals surface area contributed by atoms with Gasteiger partial charge in [-0.2, -0.15) is 0 Å². The number of carbonyl (C=O) groups excluding carboxylic acids is 1. The van der Waals surface area contributed by atoms with Crippen molar-refractivity contribution in [3.8, 4) is 0 Å². The first-order valence-corrected chi connectivity index (χ1v) is 7.89. The minimum atomic E-state index is -0.522. The lowest BCUT2D eigenvalue weighted by Crippen LogP contribution is -2.41. The van der Waals surface area contributed by atoms with Crippen LogP contribution in [-0.4, -0.2) is 31.5 Å². The summed E-state index contributed by atoms with van der Waals surface area (Å²) >= 11 is 11.9. The van der Waals surface area contributed by atoms with Crippen LogP contribution in [0.2, 0.25) is 10.0 Å². The highest BCUT2D eigenvalue weighted by Gasteiger charge is 2.19. The van der Waals surface area contributed by atoms with E-state index in [4.69, 9.17) is 32.7 Å². The summed E-state index contributed by atoms with van der Waals surface area (Å²) in [6.07, 6.45) is 1.02. The van der Waals surface area contributed by atoms with E-state index in [2.05, 4.69) is 5.32 Å². The molecule has 0 bridgehead atoms. The minimum absolute atomic E-state index is 0.130. The molecule has 0 aliphatic carbocycles. The Bertz CT molecular complexity index is 501. The predicted octanol–water partition coefficient (Wildman–Crippen LogP) is 4.47. The number of methoxy groups -OCH3 is 1. The number of halogens is 2. The Morgan fingerprint density at radius 3 is 2.50 bits per heavy atom. The highest BCUT2D eigenvalue weighted by atomic mass is 35.5. The van der Waals surface area contributed by atoms with Crippen LogP contribution in [0.4, 0.5) is 4.79 Å². The summed E-state index contributed by atoms with van der Waals surface area (Å²) in [5.74, 6) is 0. The summed E-state index contributed by atoms with van der Waals surface area (Å²) in [5.41, 5.74) is 0.535. The van der Waals surface area contributed by atoms with E-state index in [1.54, 1.807) is 13.2 Å². The Kier molecular flexibility index (Phi) is 7.46. The van der Waals surface area contributed by atoms with E-state index in [0.717, 1.165) is 12.0 Å². The molecule has 0 aromatic heterocycles. The predicted molar refractivity (Wildman–Crippen MR) is 89.8 cm³/mol. The van der Waals surface area contributed by atoms with Crippen molar-refractivity contribution in [3.63, 3.8) is 0 Å². The summed E-state index contributed by atoms with van der Waals surface area (Å²) < 4.78 is 10.4. The molecule has 4 nitrogen and oxygen atoms in total. The van der Waals surface area contributed by atoms with E-state index in [9.17, 15) is 4.79 Å². The molecule has 0 spiro atoms. The lowest BCUT2D eigenvalue weighted by molar-refractivity contribution is 0.0465. The van der Waals surface area contributed by atoms with Crippen molar-refractivity contribution in [2.24, 2.45) is 0 Å². The van der Waals surface area contributed by atoms with Crippen LogP contribution in [0.25, 0.3) is 0 Å². The van der Waals surface area contributed by atoms with Gasteiger partial charge in [0, 0.05) is 7.11 Å². The number of aryl methyl sites for hydroxylation is 1. The molecule has 1 N–H and O–H groups in total. The summed E-state index contributed by atoms with van der Waals surface area (Å²) in [6.45, 7) is 5.90.